The Morgan fingerprint density at radius 1 is 1.28 bits per heavy atom. The Morgan fingerprint density at radius 3 is 2.72 bits per heavy atom. The van der Waals surface area contributed by atoms with E-state index in [4.69, 9.17) is 5.73 Å². The number of anilines is 1. The lowest BCUT2D eigenvalue weighted by Crippen LogP contribution is -2.24. The molecule has 18 heavy (non-hydrogen) atoms. The fourth-order valence-electron chi connectivity index (χ4n) is 1.78. The first-order valence-electron chi connectivity index (χ1n) is 6.72. The van der Waals surface area contributed by atoms with Crippen molar-refractivity contribution in [2.45, 2.75) is 46.0 Å². The molecule has 1 rings (SSSR count). The summed E-state index contributed by atoms with van der Waals surface area (Å²) in [4.78, 5) is 16.1. The van der Waals surface area contributed by atoms with Gasteiger partial charge in [-0.1, -0.05) is 33.1 Å². The molecule has 100 valence electrons. The number of aryl methyl sites for hydroxylation is 1. The normalized spacial score (nSPS) is 10.3. The summed E-state index contributed by atoms with van der Waals surface area (Å²) in [5.74, 6) is 0.348. The van der Waals surface area contributed by atoms with Crippen molar-refractivity contribution in [1.29, 1.82) is 0 Å². The van der Waals surface area contributed by atoms with E-state index in [1.807, 2.05) is 6.92 Å². The standard InChI is InChI=1S/C14H23N3O/c1-3-5-6-7-8-16-14(18)11-9-12(4-2)17-13(15)10-11/h9-10H,3-8H2,1-2H3,(H2,15,17)(H,16,18). The van der Waals surface area contributed by atoms with Crippen LogP contribution < -0.4 is 11.1 Å². The predicted molar refractivity (Wildman–Crippen MR) is 74.5 cm³/mol. The summed E-state index contributed by atoms with van der Waals surface area (Å²) in [5.41, 5.74) is 7.14. The van der Waals surface area contributed by atoms with E-state index in [0.29, 0.717) is 11.4 Å². The SMILES string of the molecule is CCCCCCNC(=O)c1cc(N)nc(CC)c1. The summed E-state index contributed by atoms with van der Waals surface area (Å²) in [6.45, 7) is 4.89. The van der Waals surface area contributed by atoms with E-state index in [1.54, 1.807) is 12.1 Å². The molecule has 4 heteroatoms. The topological polar surface area (TPSA) is 68.0 Å². The lowest BCUT2D eigenvalue weighted by Gasteiger charge is -2.07. The number of unbranched alkanes of at least 4 members (excludes halogenated alkanes) is 3. The minimum absolute atomic E-state index is 0.0599. The van der Waals surface area contributed by atoms with Crippen LogP contribution in [0.3, 0.4) is 0 Å². The molecule has 0 saturated carbocycles. The zero-order valence-corrected chi connectivity index (χ0v) is 11.3. The second-order valence-electron chi connectivity index (χ2n) is 4.44. The Labute approximate surface area is 109 Å². The van der Waals surface area contributed by atoms with Gasteiger partial charge in [0.25, 0.3) is 5.91 Å². The highest BCUT2D eigenvalue weighted by Gasteiger charge is 2.07. The van der Waals surface area contributed by atoms with Crippen LogP contribution in [0.15, 0.2) is 12.1 Å². The number of rotatable bonds is 7. The van der Waals surface area contributed by atoms with Crippen LogP contribution in [0.5, 0.6) is 0 Å². The number of carbonyl (C=O) groups excluding carboxylic acids is 1. The molecule has 0 unspecified atom stereocenters. The summed E-state index contributed by atoms with van der Waals surface area (Å²) in [7, 11) is 0. The number of nitrogens with zero attached hydrogens (tertiary/aromatic N) is 1. The first-order chi connectivity index (χ1) is 8.67. The van der Waals surface area contributed by atoms with Gasteiger partial charge in [0.05, 0.1) is 0 Å². The van der Waals surface area contributed by atoms with Crippen molar-refractivity contribution in [3.05, 3.63) is 23.4 Å². The van der Waals surface area contributed by atoms with E-state index in [2.05, 4.69) is 17.2 Å². The van der Waals surface area contributed by atoms with E-state index in [-0.39, 0.29) is 5.91 Å². The van der Waals surface area contributed by atoms with E-state index in [0.717, 1.165) is 31.5 Å². The van der Waals surface area contributed by atoms with Crippen LogP contribution in [0.25, 0.3) is 0 Å². The minimum atomic E-state index is -0.0599. The number of hydrogen-bond acceptors (Lipinski definition) is 3. The van der Waals surface area contributed by atoms with Gasteiger partial charge in [0.15, 0.2) is 0 Å². The van der Waals surface area contributed by atoms with Crippen molar-refractivity contribution in [2.75, 3.05) is 12.3 Å². The smallest absolute Gasteiger partial charge is 0.251 e. The molecule has 4 nitrogen and oxygen atoms in total. The Kier molecular flexibility index (Phi) is 6.19. The molecule has 1 amide bonds. The molecule has 1 heterocycles. The maximum Gasteiger partial charge on any atom is 0.251 e. The highest BCUT2D eigenvalue weighted by Crippen LogP contribution is 2.08. The van der Waals surface area contributed by atoms with Gasteiger partial charge in [-0.25, -0.2) is 4.98 Å². The number of amides is 1. The van der Waals surface area contributed by atoms with Gasteiger partial charge < -0.3 is 11.1 Å². The quantitative estimate of drug-likeness (QED) is 0.730. The number of hydrogen-bond donors (Lipinski definition) is 2. The maximum atomic E-state index is 11.9. The van der Waals surface area contributed by atoms with Gasteiger partial charge in [-0.15, -0.1) is 0 Å². The third-order valence-corrected chi connectivity index (χ3v) is 2.84. The third-order valence-electron chi connectivity index (χ3n) is 2.84. The molecule has 0 radical (unpaired) electrons. The number of nitrogens with one attached hydrogen (secondary N) is 1. The van der Waals surface area contributed by atoms with Gasteiger partial charge in [-0.2, -0.15) is 0 Å². The van der Waals surface area contributed by atoms with Crippen molar-refractivity contribution >= 4 is 11.7 Å². The van der Waals surface area contributed by atoms with E-state index < -0.39 is 0 Å². The molecule has 0 bridgehead atoms. The zero-order valence-electron chi connectivity index (χ0n) is 11.3. The van der Waals surface area contributed by atoms with Crippen LogP contribution in [-0.2, 0) is 6.42 Å². The maximum absolute atomic E-state index is 11.9. The van der Waals surface area contributed by atoms with Gasteiger partial charge in [-0.3, -0.25) is 4.79 Å². The lowest BCUT2D eigenvalue weighted by molar-refractivity contribution is 0.0953. The highest BCUT2D eigenvalue weighted by molar-refractivity contribution is 5.94. The van der Waals surface area contributed by atoms with Gasteiger partial charge in [0, 0.05) is 17.8 Å². The molecule has 1 aromatic heterocycles. The first kappa shape index (κ1) is 14.5. The fourth-order valence-corrected chi connectivity index (χ4v) is 1.78. The second-order valence-corrected chi connectivity index (χ2v) is 4.44. The summed E-state index contributed by atoms with van der Waals surface area (Å²) in [5, 5.41) is 2.91. The molecular weight excluding hydrogens is 226 g/mol. The molecular formula is C14H23N3O. The fraction of sp³-hybridized carbons (Fsp3) is 0.571. The van der Waals surface area contributed by atoms with Gasteiger partial charge in [0.2, 0.25) is 0 Å². The average molecular weight is 249 g/mol. The molecule has 0 spiro atoms. The molecule has 0 aliphatic heterocycles. The Bertz CT molecular complexity index is 391. The number of pyridine rings is 1. The minimum Gasteiger partial charge on any atom is -0.384 e. The lowest BCUT2D eigenvalue weighted by atomic mass is 10.1. The Morgan fingerprint density at radius 2 is 2.06 bits per heavy atom. The van der Waals surface area contributed by atoms with Crippen molar-refractivity contribution in [3.8, 4) is 0 Å². The number of aromatic nitrogens is 1. The summed E-state index contributed by atoms with van der Waals surface area (Å²) >= 11 is 0. The van der Waals surface area contributed by atoms with Crippen LogP contribution in [0.2, 0.25) is 0 Å². The average Bonchev–Trinajstić information content (AvgIpc) is 2.37. The zero-order chi connectivity index (χ0) is 13.4. The summed E-state index contributed by atoms with van der Waals surface area (Å²) in [6, 6.07) is 3.43. The van der Waals surface area contributed by atoms with Gasteiger partial charge in [-0.05, 0) is 25.0 Å². The van der Waals surface area contributed by atoms with Gasteiger partial charge >= 0.3 is 0 Å². The van der Waals surface area contributed by atoms with Crippen LogP contribution in [0.4, 0.5) is 5.82 Å². The predicted octanol–water partition coefficient (Wildman–Crippen LogP) is 2.54. The van der Waals surface area contributed by atoms with Crippen LogP contribution in [-0.4, -0.2) is 17.4 Å². The number of carbonyl (C=O) groups is 1. The number of nitrogen functional groups attached to an aromatic ring is 1. The number of nitrogens with two attached hydrogens (primary N) is 1. The largest absolute Gasteiger partial charge is 0.384 e. The van der Waals surface area contributed by atoms with Crippen LogP contribution in [0, 0.1) is 0 Å². The molecule has 0 aliphatic carbocycles. The summed E-state index contributed by atoms with van der Waals surface area (Å²) < 4.78 is 0. The molecule has 3 N–H and O–H groups in total. The van der Waals surface area contributed by atoms with E-state index in [1.165, 1.54) is 12.8 Å². The van der Waals surface area contributed by atoms with Gasteiger partial charge in [0.1, 0.15) is 5.82 Å². The Balaban J connectivity index is 2.48. The molecule has 0 aromatic carbocycles. The first-order valence-corrected chi connectivity index (χ1v) is 6.72. The van der Waals surface area contributed by atoms with E-state index >= 15 is 0 Å². The molecule has 1 aromatic rings. The van der Waals surface area contributed by atoms with Crippen molar-refractivity contribution < 1.29 is 4.79 Å². The van der Waals surface area contributed by atoms with E-state index in [9.17, 15) is 4.79 Å². The highest BCUT2D eigenvalue weighted by atomic mass is 16.1. The molecule has 0 fully saturated rings. The monoisotopic (exact) mass is 249 g/mol. The van der Waals surface area contributed by atoms with Crippen molar-refractivity contribution in [1.82, 2.24) is 10.3 Å². The van der Waals surface area contributed by atoms with Crippen molar-refractivity contribution in [2.24, 2.45) is 0 Å². The molecule has 0 saturated heterocycles. The molecule has 0 atom stereocenters. The second kappa shape index (κ2) is 7.69. The van der Waals surface area contributed by atoms with Crippen LogP contribution >= 0.6 is 0 Å². The Hall–Kier alpha value is -1.58. The third kappa shape index (κ3) is 4.73. The summed E-state index contributed by atoms with van der Waals surface area (Å²) in [6.07, 6.45) is 5.39. The van der Waals surface area contributed by atoms with Crippen molar-refractivity contribution in [3.63, 3.8) is 0 Å². The molecule has 0 aliphatic rings. The van der Waals surface area contributed by atoms with Crippen LogP contribution in [0.1, 0.15) is 55.6 Å².